The van der Waals surface area contributed by atoms with Gasteiger partial charge >= 0.3 is 0 Å². The van der Waals surface area contributed by atoms with Gasteiger partial charge in [0.05, 0.1) is 23.1 Å². The standard InChI is InChI=1S/C17H14ClNO3S2/c18-12-3-6-15(7-4-12)24(21)11-13-5-8-16(22-13)17(20)19-10-14-2-1-9-23-14/h1-9H,10-11H2,(H,19,20). The van der Waals surface area contributed by atoms with E-state index in [1.165, 1.54) is 0 Å². The molecule has 1 atom stereocenters. The van der Waals surface area contributed by atoms with Crippen molar-refractivity contribution in [2.75, 3.05) is 0 Å². The molecular weight excluding hydrogens is 366 g/mol. The van der Waals surface area contributed by atoms with Crippen molar-refractivity contribution in [3.8, 4) is 0 Å². The van der Waals surface area contributed by atoms with Crippen LogP contribution >= 0.6 is 22.9 Å². The van der Waals surface area contributed by atoms with E-state index in [4.69, 9.17) is 16.0 Å². The van der Waals surface area contributed by atoms with Crippen LogP contribution in [0.1, 0.15) is 21.2 Å². The fraction of sp³-hybridized carbons (Fsp3) is 0.118. The molecule has 24 heavy (non-hydrogen) atoms. The first-order valence-corrected chi connectivity index (χ1v) is 9.73. The molecule has 2 aromatic heterocycles. The topological polar surface area (TPSA) is 59.3 Å². The van der Waals surface area contributed by atoms with Crippen LogP contribution in [0.5, 0.6) is 0 Å². The summed E-state index contributed by atoms with van der Waals surface area (Å²) in [5.74, 6) is 0.644. The van der Waals surface area contributed by atoms with E-state index in [-0.39, 0.29) is 17.4 Å². The van der Waals surface area contributed by atoms with Crippen molar-refractivity contribution >= 4 is 39.6 Å². The van der Waals surface area contributed by atoms with E-state index in [1.807, 2.05) is 17.5 Å². The number of thiophene rings is 1. The number of hydrogen-bond donors (Lipinski definition) is 1. The van der Waals surface area contributed by atoms with Crippen LogP contribution in [-0.2, 0) is 23.1 Å². The Morgan fingerprint density at radius 1 is 1.17 bits per heavy atom. The molecule has 0 aliphatic heterocycles. The molecule has 0 bridgehead atoms. The van der Waals surface area contributed by atoms with Crippen molar-refractivity contribution < 1.29 is 13.4 Å². The molecule has 0 aliphatic rings. The van der Waals surface area contributed by atoms with Gasteiger partial charge in [0.15, 0.2) is 5.76 Å². The number of hydrogen-bond acceptors (Lipinski definition) is 4. The number of furan rings is 1. The number of carbonyl (C=O) groups is 1. The zero-order valence-electron chi connectivity index (χ0n) is 12.5. The highest BCUT2D eigenvalue weighted by molar-refractivity contribution is 7.84. The quantitative estimate of drug-likeness (QED) is 0.697. The molecule has 0 aliphatic carbocycles. The molecule has 3 aromatic rings. The zero-order valence-corrected chi connectivity index (χ0v) is 14.9. The molecule has 0 saturated carbocycles. The van der Waals surface area contributed by atoms with E-state index in [0.29, 0.717) is 22.2 Å². The molecule has 0 radical (unpaired) electrons. The lowest BCUT2D eigenvalue weighted by Gasteiger charge is -2.02. The normalized spacial score (nSPS) is 12.0. The highest BCUT2D eigenvalue weighted by atomic mass is 35.5. The van der Waals surface area contributed by atoms with Crippen molar-refractivity contribution in [3.63, 3.8) is 0 Å². The Hall–Kier alpha value is -1.89. The molecule has 3 rings (SSSR count). The van der Waals surface area contributed by atoms with Gasteiger partial charge in [-0.15, -0.1) is 11.3 Å². The number of carbonyl (C=O) groups excluding carboxylic acids is 1. The first-order chi connectivity index (χ1) is 11.6. The maximum absolute atomic E-state index is 12.3. The first kappa shape index (κ1) is 17.0. The number of amides is 1. The molecule has 1 unspecified atom stereocenters. The van der Waals surface area contributed by atoms with Crippen LogP contribution in [0.25, 0.3) is 0 Å². The largest absolute Gasteiger partial charge is 0.455 e. The van der Waals surface area contributed by atoms with Gasteiger partial charge in [0.2, 0.25) is 0 Å². The lowest BCUT2D eigenvalue weighted by Crippen LogP contribution is -2.21. The summed E-state index contributed by atoms with van der Waals surface area (Å²) >= 11 is 7.40. The Balaban J connectivity index is 1.59. The van der Waals surface area contributed by atoms with Gasteiger partial charge in [0, 0.05) is 14.8 Å². The second kappa shape index (κ2) is 7.79. The van der Waals surface area contributed by atoms with E-state index in [1.54, 1.807) is 47.7 Å². The lowest BCUT2D eigenvalue weighted by molar-refractivity contribution is 0.0922. The Morgan fingerprint density at radius 2 is 1.96 bits per heavy atom. The van der Waals surface area contributed by atoms with Crippen LogP contribution in [-0.4, -0.2) is 10.1 Å². The van der Waals surface area contributed by atoms with Crippen LogP contribution in [0.3, 0.4) is 0 Å². The minimum Gasteiger partial charge on any atom is -0.455 e. The van der Waals surface area contributed by atoms with E-state index >= 15 is 0 Å². The van der Waals surface area contributed by atoms with Crippen LogP contribution < -0.4 is 5.32 Å². The molecule has 7 heteroatoms. The number of benzene rings is 1. The van der Waals surface area contributed by atoms with Gasteiger partial charge in [0.1, 0.15) is 5.76 Å². The molecule has 0 fully saturated rings. The summed E-state index contributed by atoms with van der Waals surface area (Å²) in [4.78, 5) is 13.8. The summed E-state index contributed by atoms with van der Waals surface area (Å²) in [6.45, 7) is 0.462. The molecule has 2 heterocycles. The van der Waals surface area contributed by atoms with E-state index in [9.17, 15) is 9.00 Å². The Morgan fingerprint density at radius 3 is 2.67 bits per heavy atom. The van der Waals surface area contributed by atoms with Gasteiger partial charge < -0.3 is 9.73 Å². The average molecular weight is 380 g/mol. The predicted molar refractivity (Wildman–Crippen MR) is 95.8 cm³/mol. The molecular formula is C17H14ClNO3S2. The Labute approximate surface area is 150 Å². The van der Waals surface area contributed by atoms with Gasteiger partial charge in [-0.1, -0.05) is 17.7 Å². The van der Waals surface area contributed by atoms with Crippen molar-refractivity contribution in [3.05, 3.63) is 75.3 Å². The van der Waals surface area contributed by atoms with Crippen LogP contribution in [0.2, 0.25) is 5.02 Å². The van der Waals surface area contributed by atoms with Crippen LogP contribution in [0, 0.1) is 0 Å². The van der Waals surface area contributed by atoms with Gasteiger partial charge in [-0.3, -0.25) is 9.00 Å². The Bertz CT molecular complexity index is 841. The van der Waals surface area contributed by atoms with Crippen molar-refractivity contribution in [1.82, 2.24) is 5.32 Å². The van der Waals surface area contributed by atoms with Gasteiger partial charge in [-0.05, 0) is 47.8 Å². The van der Waals surface area contributed by atoms with Crippen molar-refractivity contribution in [2.24, 2.45) is 0 Å². The summed E-state index contributed by atoms with van der Waals surface area (Å²) in [6.07, 6.45) is 0. The summed E-state index contributed by atoms with van der Waals surface area (Å²) in [5.41, 5.74) is 0. The highest BCUT2D eigenvalue weighted by Crippen LogP contribution is 2.17. The second-order valence-electron chi connectivity index (χ2n) is 4.97. The Kier molecular flexibility index (Phi) is 5.50. The maximum Gasteiger partial charge on any atom is 0.287 e. The third-order valence-corrected chi connectivity index (χ3v) is 5.71. The molecule has 1 aromatic carbocycles. The fourth-order valence-corrected chi connectivity index (χ4v) is 3.83. The highest BCUT2D eigenvalue weighted by Gasteiger charge is 2.13. The van der Waals surface area contributed by atoms with Gasteiger partial charge in [-0.2, -0.15) is 0 Å². The number of halogens is 1. The van der Waals surface area contributed by atoms with Crippen LogP contribution in [0.4, 0.5) is 0 Å². The van der Waals surface area contributed by atoms with E-state index in [0.717, 1.165) is 4.88 Å². The third-order valence-electron chi connectivity index (χ3n) is 3.24. The molecule has 0 saturated heterocycles. The van der Waals surface area contributed by atoms with Crippen molar-refractivity contribution in [2.45, 2.75) is 17.2 Å². The minimum absolute atomic E-state index is 0.208. The monoisotopic (exact) mass is 379 g/mol. The maximum atomic E-state index is 12.3. The SMILES string of the molecule is O=C(NCc1cccs1)c1ccc(CS(=O)c2ccc(Cl)cc2)o1. The van der Waals surface area contributed by atoms with Crippen LogP contribution in [0.15, 0.2) is 63.2 Å². The zero-order chi connectivity index (χ0) is 16.9. The smallest absolute Gasteiger partial charge is 0.287 e. The summed E-state index contributed by atoms with van der Waals surface area (Å²) in [6, 6.07) is 14.0. The number of nitrogens with one attached hydrogen (secondary N) is 1. The molecule has 4 nitrogen and oxygen atoms in total. The molecule has 0 spiro atoms. The van der Waals surface area contributed by atoms with Gasteiger partial charge in [0.25, 0.3) is 5.91 Å². The fourth-order valence-electron chi connectivity index (χ4n) is 2.04. The van der Waals surface area contributed by atoms with E-state index < -0.39 is 10.8 Å². The lowest BCUT2D eigenvalue weighted by atomic mass is 10.4. The molecule has 124 valence electrons. The summed E-state index contributed by atoms with van der Waals surface area (Å²) in [7, 11) is -1.25. The first-order valence-electron chi connectivity index (χ1n) is 7.15. The van der Waals surface area contributed by atoms with Gasteiger partial charge in [-0.25, -0.2) is 0 Å². The second-order valence-corrected chi connectivity index (χ2v) is 7.89. The average Bonchev–Trinajstić information content (AvgIpc) is 3.25. The van der Waals surface area contributed by atoms with E-state index in [2.05, 4.69) is 5.32 Å². The third kappa shape index (κ3) is 4.35. The van der Waals surface area contributed by atoms with Crippen molar-refractivity contribution in [1.29, 1.82) is 0 Å². The minimum atomic E-state index is -1.25. The number of rotatable bonds is 6. The predicted octanol–water partition coefficient (Wildman–Crippen LogP) is 4.23. The summed E-state index contributed by atoms with van der Waals surface area (Å²) < 4.78 is 17.8. The molecule has 1 N–H and O–H groups in total. The molecule has 1 amide bonds. The summed E-state index contributed by atoms with van der Waals surface area (Å²) in [5, 5.41) is 5.35.